The predicted octanol–water partition coefficient (Wildman–Crippen LogP) is 4.57. The Morgan fingerprint density at radius 1 is 1.15 bits per heavy atom. The molecule has 0 amide bonds. The molecule has 1 heterocycles. The molecule has 0 radical (unpaired) electrons. The smallest absolute Gasteiger partial charge is 0.136 e. The van der Waals surface area contributed by atoms with Crippen molar-refractivity contribution in [2.45, 2.75) is 38.5 Å². The Labute approximate surface area is 120 Å². The molecule has 0 spiro atoms. The van der Waals surface area contributed by atoms with Crippen LogP contribution in [0, 0.1) is 0 Å². The van der Waals surface area contributed by atoms with E-state index in [-0.39, 0.29) is 0 Å². The van der Waals surface area contributed by atoms with Crippen LogP contribution < -0.4 is 0 Å². The molecule has 2 nitrogen and oxygen atoms in total. The first-order chi connectivity index (χ1) is 9.88. The maximum Gasteiger partial charge on any atom is 0.136 e. The number of allylic oxidation sites excluding steroid dienone is 4. The Morgan fingerprint density at radius 3 is 2.85 bits per heavy atom. The highest BCUT2D eigenvalue weighted by Crippen LogP contribution is 2.25. The summed E-state index contributed by atoms with van der Waals surface area (Å²) in [5.41, 5.74) is 2.28. The van der Waals surface area contributed by atoms with Crippen LogP contribution in [0.5, 0.6) is 0 Å². The van der Waals surface area contributed by atoms with Crippen molar-refractivity contribution in [3.63, 3.8) is 0 Å². The van der Waals surface area contributed by atoms with E-state index in [2.05, 4.69) is 55.5 Å². The van der Waals surface area contributed by atoms with Crippen molar-refractivity contribution in [1.82, 2.24) is 9.97 Å². The van der Waals surface area contributed by atoms with Gasteiger partial charge in [-0.1, -0.05) is 55.8 Å². The van der Waals surface area contributed by atoms with Gasteiger partial charge in [-0.15, -0.1) is 0 Å². The number of hydrogen-bond acceptors (Lipinski definition) is 2. The normalized spacial score (nSPS) is 17.8. The largest absolute Gasteiger partial charge is 0.237 e. The van der Waals surface area contributed by atoms with Crippen molar-refractivity contribution in [3.8, 4) is 0 Å². The number of benzene rings is 1. The molecule has 0 fully saturated rings. The fourth-order valence-electron chi connectivity index (χ4n) is 2.63. The number of hydrogen-bond donors (Lipinski definition) is 0. The molecule has 1 atom stereocenters. The lowest BCUT2D eigenvalue weighted by molar-refractivity contribution is 0.738. The molecule has 0 aliphatic heterocycles. The van der Waals surface area contributed by atoms with Gasteiger partial charge in [0.1, 0.15) is 5.82 Å². The van der Waals surface area contributed by atoms with Gasteiger partial charge in [-0.3, -0.25) is 0 Å². The first-order valence-electron chi connectivity index (χ1n) is 7.47. The van der Waals surface area contributed by atoms with Crippen LogP contribution in [0.2, 0.25) is 0 Å². The molecule has 0 N–H and O–H groups in total. The Morgan fingerprint density at radius 2 is 2.05 bits per heavy atom. The number of para-hydroxylation sites is 1. The third-order valence-corrected chi connectivity index (χ3v) is 3.78. The summed E-state index contributed by atoms with van der Waals surface area (Å²) in [6.07, 6.45) is 13.0. The van der Waals surface area contributed by atoms with Crippen LogP contribution in [0.3, 0.4) is 0 Å². The second-order valence-electron chi connectivity index (χ2n) is 5.30. The molecular formula is C18H20N2. The van der Waals surface area contributed by atoms with Gasteiger partial charge in [-0.05, 0) is 25.3 Å². The van der Waals surface area contributed by atoms with Gasteiger partial charge in [0.25, 0.3) is 0 Å². The zero-order chi connectivity index (χ0) is 13.8. The molecule has 1 aromatic carbocycles. The standard InChI is InChI=1S/C18H20N2/c1-2-3-12-16-15-11-7-8-13-17(15)20-18(19-16)14-9-5-4-6-10-14/h4-9,11,13-14H,2-3,10,12H2,1H3. The summed E-state index contributed by atoms with van der Waals surface area (Å²) in [5.74, 6) is 1.29. The molecule has 1 aliphatic rings. The van der Waals surface area contributed by atoms with Crippen LogP contribution in [0.4, 0.5) is 0 Å². The fourth-order valence-corrected chi connectivity index (χ4v) is 2.63. The quantitative estimate of drug-likeness (QED) is 0.808. The van der Waals surface area contributed by atoms with E-state index in [1.165, 1.54) is 23.9 Å². The number of aromatic nitrogens is 2. The molecule has 3 rings (SSSR count). The van der Waals surface area contributed by atoms with Gasteiger partial charge in [-0.25, -0.2) is 9.97 Å². The lowest BCUT2D eigenvalue weighted by Gasteiger charge is -2.14. The highest BCUT2D eigenvalue weighted by Gasteiger charge is 2.14. The van der Waals surface area contributed by atoms with Crippen molar-refractivity contribution in [3.05, 3.63) is 60.1 Å². The molecular weight excluding hydrogens is 244 g/mol. The minimum Gasteiger partial charge on any atom is -0.237 e. The van der Waals surface area contributed by atoms with Gasteiger partial charge in [0.15, 0.2) is 0 Å². The molecule has 0 saturated carbocycles. The Hall–Kier alpha value is -1.96. The van der Waals surface area contributed by atoms with Crippen molar-refractivity contribution in [2.75, 3.05) is 0 Å². The summed E-state index contributed by atoms with van der Waals surface area (Å²) in [5, 5.41) is 1.21. The molecule has 2 aromatic rings. The average Bonchev–Trinajstić information content (AvgIpc) is 2.53. The number of nitrogens with zero attached hydrogens (tertiary/aromatic N) is 2. The van der Waals surface area contributed by atoms with Crippen LogP contribution in [-0.4, -0.2) is 9.97 Å². The molecule has 1 aromatic heterocycles. The van der Waals surface area contributed by atoms with Gasteiger partial charge in [0.2, 0.25) is 0 Å². The van der Waals surface area contributed by atoms with Crippen LogP contribution >= 0.6 is 0 Å². The van der Waals surface area contributed by atoms with E-state index in [9.17, 15) is 0 Å². The number of rotatable bonds is 4. The second kappa shape index (κ2) is 6.00. The van der Waals surface area contributed by atoms with Crippen molar-refractivity contribution < 1.29 is 0 Å². The molecule has 0 bridgehead atoms. The van der Waals surface area contributed by atoms with Crippen LogP contribution in [0.25, 0.3) is 10.9 Å². The van der Waals surface area contributed by atoms with Gasteiger partial charge < -0.3 is 0 Å². The summed E-state index contributed by atoms with van der Waals surface area (Å²) in [6.45, 7) is 2.22. The van der Waals surface area contributed by atoms with E-state index < -0.39 is 0 Å². The topological polar surface area (TPSA) is 25.8 Å². The SMILES string of the molecule is CCCCc1nc(C2C=CC=CC2)nc2ccccc12. The zero-order valence-electron chi connectivity index (χ0n) is 11.9. The maximum atomic E-state index is 4.87. The molecule has 0 saturated heterocycles. The van der Waals surface area contributed by atoms with E-state index in [4.69, 9.17) is 9.97 Å². The summed E-state index contributed by atoms with van der Waals surface area (Å²) in [4.78, 5) is 9.64. The third kappa shape index (κ3) is 2.64. The summed E-state index contributed by atoms with van der Waals surface area (Å²) in [6, 6.07) is 8.36. The van der Waals surface area contributed by atoms with Gasteiger partial charge in [0.05, 0.1) is 11.2 Å². The predicted molar refractivity (Wildman–Crippen MR) is 83.8 cm³/mol. The van der Waals surface area contributed by atoms with E-state index in [0.717, 1.165) is 24.2 Å². The third-order valence-electron chi connectivity index (χ3n) is 3.78. The Kier molecular flexibility index (Phi) is 3.91. The van der Waals surface area contributed by atoms with E-state index in [1.54, 1.807) is 0 Å². The highest BCUT2D eigenvalue weighted by molar-refractivity contribution is 5.80. The molecule has 1 unspecified atom stereocenters. The van der Waals surface area contributed by atoms with Crippen LogP contribution in [-0.2, 0) is 6.42 Å². The Balaban J connectivity index is 2.04. The van der Waals surface area contributed by atoms with Crippen LogP contribution in [0.1, 0.15) is 43.6 Å². The Bertz CT molecular complexity index is 656. The van der Waals surface area contributed by atoms with Crippen molar-refractivity contribution >= 4 is 10.9 Å². The summed E-state index contributed by atoms with van der Waals surface area (Å²) >= 11 is 0. The van der Waals surface area contributed by atoms with Gasteiger partial charge in [-0.2, -0.15) is 0 Å². The first kappa shape index (κ1) is 13.0. The lowest BCUT2D eigenvalue weighted by atomic mass is 9.99. The summed E-state index contributed by atoms with van der Waals surface area (Å²) < 4.78 is 0. The maximum absolute atomic E-state index is 4.87. The van der Waals surface area contributed by atoms with Gasteiger partial charge in [0, 0.05) is 11.3 Å². The average molecular weight is 264 g/mol. The number of aryl methyl sites for hydroxylation is 1. The second-order valence-corrected chi connectivity index (χ2v) is 5.30. The molecule has 102 valence electrons. The monoisotopic (exact) mass is 264 g/mol. The number of unbranched alkanes of at least 4 members (excludes halogenated alkanes) is 1. The van der Waals surface area contributed by atoms with Gasteiger partial charge >= 0.3 is 0 Å². The van der Waals surface area contributed by atoms with Crippen LogP contribution in [0.15, 0.2) is 48.6 Å². The zero-order valence-corrected chi connectivity index (χ0v) is 11.9. The lowest BCUT2D eigenvalue weighted by Crippen LogP contribution is -2.06. The van der Waals surface area contributed by atoms with E-state index in [1.807, 2.05) is 0 Å². The van der Waals surface area contributed by atoms with Crippen molar-refractivity contribution in [1.29, 1.82) is 0 Å². The summed E-state index contributed by atoms with van der Waals surface area (Å²) in [7, 11) is 0. The molecule has 2 heteroatoms. The fraction of sp³-hybridized carbons (Fsp3) is 0.333. The minimum atomic E-state index is 0.324. The minimum absolute atomic E-state index is 0.324. The number of fused-ring (bicyclic) bond motifs is 1. The van der Waals surface area contributed by atoms with Crippen molar-refractivity contribution in [2.24, 2.45) is 0 Å². The van der Waals surface area contributed by atoms with E-state index >= 15 is 0 Å². The molecule has 20 heavy (non-hydrogen) atoms. The highest BCUT2D eigenvalue weighted by atomic mass is 14.9. The van der Waals surface area contributed by atoms with E-state index in [0.29, 0.717) is 5.92 Å². The molecule has 1 aliphatic carbocycles. The first-order valence-corrected chi connectivity index (χ1v) is 7.47.